The number of carbonyl (C=O) groups is 1. The average Bonchev–Trinajstić information content (AvgIpc) is 3.19. The van der Waals surface area contributed by atoms with Crippen LogP contribution >= 0.6 is 0 Å². The van der Waals surface area contributed by atoms with Crippen molar-refractivity contribution in [2.24, 2.45) is 0 Å². The van der Waals surface area contributed by atoms with Crippen molar-refractivity contribution < 1.29 is 9.21 Å². The van der Waals surface area contributed by atoms with Crippen molar-refractivity contribution in [2.75, 3.05) is 0 Å². The summed E-state index contributed by atoms with van der Waals surface area (Å²) in [5.74, 6) is 0.537. The van der Waals surface area contributed by atoms with Crippen LogP contribution in [-0.4, -0.2) is 15.9 Å². The van der Waals surface area contributed by atoms with Crippen LogP contribution in [0.4, 0.5) is 0 Å². The first-order chi connectivity index (χ1) is 12.7. The maximum Gasteiger partial charge on any atom is 0.252 e. The second-order valence-electron chi connectivity index (χ2n) is 6.05. The van der Waals surface area contributed by atoms with E-state index in [1.54, 1.807) is 24.6 Å². The zero-order valence-electron chi connectivity index (χ0n) is 14.3. The van der Waals surface area contributed by atoms with E-state index >= 15 is 0 Å². The lowest BCUT2D eigenvalue weighted by Crippen LogP contribution is -2.23. The third kappa shape index (κ3) is 3.19. The smallest absolute Gasteiger partial charge is 0.252 e. The lowest BCUT2D eigenvalue weighted by molar-refractivity contribution is 0.0949. The molecule has 128 valence electrons. The van der Waals surface area contributed by atoms with Crippen molar-refractivity contribution >= 4 is 16.8 Å². The van der Waals surface area contributed by atoms with Gasteiger partial charge in [-0.25, -0.2) is 4.98 Å². The number of hydrogen-bond acceptors (Lipinski definition) is 4. The Labute approximate surface area is 150 Å². The molecule has 0 fully saturated rings. The molecule has 5 heteroatoms. The molecule has 0 atom stereocenters. The van der Waals surface area contributed by atoms with E-state index in [1.165, 1.54) is 0 Å². The van der Waals surface area contributed by atoms with Crippen LogP contribution in [0.5, 0.6) is 0 Å². The number of aryl methyl sites for hydroxylation is 1. The van der Waals surface area contributed by atoms with Gasteiger partial charge in [-0.3, -0.25) is 9.78 Å². The van der Waals surface area contributed by atoms with Crippen LogP contribution in [0.25, 0.3) is 22.3 Å². The monoisotopic (exact) mass is 343 g/mol. The number of nitrogens with zero attached hydrogens (tertiary/aromatic N) is 2. The topological polar surface area (TPSA) is 68.0 Å². The normalized spacial score (nSPS) is 10.8. The van der Waals surface area contributed by atoms with Gasteiger partial charge in [0.15, 0.2) is 0 Å². The minimum atomic E-state index is -0.170. The first-order valence-corrected chi connectivity index (χ1v) is 8.34. The van der Waals surface area contributed by atoms with Gasteiger partial charge in [-0.1, -0.05) is 17.7 Å². The summed E-state index contributed by atoms with van der Waals surface area (Å²) in [4.78, 5) is 21.9. The summed E-state index contributed by atoms with van der Waals surface area (Å²) >= 11 is 0. The zero-order chi connectivity index (χ0) is 17.9. The molecule has 26 heavy (non-hydrogen) atoms. The fourth-order valence-electron chi connectivity index (χ4n) is 2.85. The van der Waals surface area contributed by atoms with Crippen molar-refractivity contribution in [2.45, 2.75) is 13.5 Å². The Hall–Kier alpha value is -3.47. The Morgan fingerprint density at radius 2 is 2.00 bits per heavy atom. The maximum absolute atomic E-state index is 12.8. The van der Waals surface area contributed by atoms with Crippen LogP contribution in [0.15, 0.2) is 71.5 Å². The van der Waals surface area contributed by atoms with Crippen molar-refractivity contribution in [3.05, 3.63) is 83.9 Å². The first-order valence-electron chi connectivity index (χ1n) is 8.34. The Morgan fingerprint density at radius 1 is 1.08 bits per heavy atom. The molecule has 5 nitrogen and oxygen atoms in total. The highest BCUT2D eigenvalue weighted by molar-refractivity contribution is 6.07. The van der Waals surface area contributed by atoms with E-state index in [9.17, 15) is 4.79 Å². The highest BCUT2D eigenvalue weighted by Crippen LogP contribution is 2.24. The molecule has 0 aliphatic carbocycles. The molecule has 1 N–H and O–H groups in total. The minimum absolute atomic E-state index is 0.170. The molecule has 4 aromatic rings. The number of fused-ring (bicyclic) bond motifs is 1. The van der Waals surface area contributed by atoms with E-state index in [1.807, 2.05) is 49.4 Å². The van der Waals surface area contributed by atoms with Gasteiger partial charge in [-0.15, -0.1) is 0 Å². The number of rotatable bonds is 4. The summed E-state index contributed by atoms with van der Waals surface area (Å²) in [6.07, 6.45) is 3.30. The van der Waals surface area contributed by atoms with Crippen LogP contribution in [0, 0.1) is 6.92 Å². The summed E-state index contributed by atoms with van der Waals surface area (Å²) in [5.41, 5.74) is 3.82. The zero-order valence-corrected chi connectivity index (χ0v) is 14.3. The fraction of sp³-hybridized carbons (Fsp3) is 0.0952. The Kier molecular flexibility index (Phi) is 4.19. The molecule has 3 aromatic heterocycles. The SMILES string of the molecule is Cc1ccc2nc(-c3ccccn3)cc(C(=O)NCc3ccco3)c2c1. The summed E-state index contributed by atoms with van der Waals surface area (Å²) in [7, 11) is 0. The van der Waals surface area contributed by atoms with Gasteiger partial charge in [0.1, 0.15) is 5.76 Å². The Morgan fingerprint density at radius 3 is 2.77 bits per heavy atom. The molecule has 0 aliphatic heterocycles. The number of nitrogens with one attached hydrogen (secondary N) is 1. The number of carbonyl (C=O) groups excluding carboxylic acids is 1. The van der Waals surface area contributed by atoms with Crippen LogP contribution in [0.1, 0.15) is 21.7 Å². The number of amides is 1. The Bertz CT molecular complexity index is 1060. The second-order valence-corrected chi connectivity index (χ2v) is 6.05. The van der Waals surface area contributed by atoms with E-state index < -0.39 is 0 Å². The molecule has 4 rings (SSSR count). The minimum Gasteiger partial charge on any atom is -0.467 e. The summed E-state index contributed by atoms with van der Waals surface area (Å²) in [6, 6.07) is 17.0. The molecule has 1 amide bonds. The van der Waals surface area contributed by atoms with Gasteiger partial charge in [-0.2, -0.15) is 0 Å². The molecule has 0 aliphatic rings. The lowest BCUT2D eigenvalue weighted by atomic mass is 10.0. The van der Waals surface area contributed by atoms with E-state index in [0.29, 0.717) is 23.6 Å². The third-order valence-electron chi connectivity index (χ3n) is 4.14. The van der Waals surface area contributed by atoms with Gasteiger partial charge in [-0.05, 0) is 49.4 Å². The van der Waals surface area contributed by atoms with E-state index in [-0.39, 0.29) is 5.91 Å². The second kappa shape index (κ2) is 6.80. The van der Waals surface area contributed by atoms with Crippen molar-refractivity contribution in [1.82, 2.24) is 15.3 Å². The molecule has 0 saturated heterocycles. The predicted molar refractivity (Wildman–Crippen MR) is 99.6 cm³/mol. The van der Waals surface area contributed by atoms with E-state index in [2.05, 4.69) is 15.3 Å². The predicted octanol–water partition coefficient (Wildman–Crippen LogP) is 4.13. The molecule has 0 radical (unpaired) electrons. The Balaban J connectivity index is 1.77. The van der Waals surface area contributed by atoms with Gasteiger partial charge < -0.3 is 9.73 Å². The van der Waals surface area contributed by atoms with Crippen molar-refractivity contribution in [1.29, 1.82) is 0 Å². The molecule has 0 bridgehead atoms. The quantitative estimate of drug-likeness (QED) is 0.605. The fourth-order valence-corrected chi connectivity index (χ4v) is 2.85. The van der Waals surface area contributed by atoms with Gasteiger partial charge >= 0.3 is 0 Å². The van der Waals surface area contributed by atoms with Gasteiger partial charge in [0.05, 0.1) is 35.3 Å². The number of benzene rings is 1. The highest BCUT2D eigenvalue weighted by atomic mass is 16.3. The highest BCUT2D eigenvalue weighted by Gasteiger charge is 2.15. The van der Waals surface area contributed by atoms with Crippen LogP contribution in [0.3, 0.4) is 0 Å². The maximum atomic E-state index is 12.8. The van der Waals surface area contributed by atoms with E-state index in [4.69, 9.17) is 4.42 Å². The van der Waals surface area contributed by atoms with E-state index in [0.717, 1.165) is 22.2 Å². The van der Waals surface area contributed by atoms with Crippen LogP contribution < -0.4 is 5.32 Å². The number of aromatic nitrogens is 2. The van der Waals surface area contributed by atoms with Gasteiger partial charge in [0.2, 0.25) is 0 Å². The standard InChI is InChI=1S/C21H17N3O2/c1-14-7-8-18-16(11-14)17(21(25)23-13-15-5-4-10-26-15)12-20(24-18)19-6-2-3-9-22-19/h2-12H,13H2,1H3,(H,23,25). The molecular formula is C21H17N3O2. The van der Waals surface area contributed by atoms with Crippen LogP contribution in [-0.2, 0) is 6.54 Å². The summed E-state index contributed by atoms with van der Waals surface area (Å²) < 4.78 is 5.28. The molecule has 0 saturated carbocycles. The van der Waals surface area contributed by atoms with Crippen molar-refractivity contribution in [3.8, 4) is 11.4 Å². The summed E-state index contributed by atoms with van der Waals surface area (Å²) in [5, 5.41) is 3.73. The van der Waals surface area contributed by atoms with Crippen LogP contribution in [0.2, 0.25) is 0 Å². The number of pyridine rings is 2. The first kappa shape index (κ1) is 16.0. The third-order valence-corrected chi connectivity index (χ3v) is 4.14. The number of furan rings is 1. The molecule has 1 aromatic carbocycles. The van der Waals surface area contributed by atoms with Gasteiger partial charge in [0.25, 0.3) is 5.91 Å². The molecular weight excluding hydrogens is 326 g/mol. The molecule has 0 unspecified atom stereocenters. The van der Waals surface area contributed by atoms with Gasteiger partial charge in [0, 0.05) is 11.6 Å². The summed E-state index contributed by atoms with van der Waals surface area (Å²) in [6.45, 7) is 2.33. The number of hydrogen-bond donors (Lipinski definition) is 1. The average molecular weight is 343 g/mol. The molecule has 3 heterocycles. The van der Waals surface area contributed by atoms with Crippen molar-refractivity contribution in [3.63, 3.8) is 0 Å². The largest absolute Gasteiger partial charge is 0.467 e. The molecule has 0 spiro atoms. The lowest BCUT2D eigenvalue weighted by Gasteiger charge is -2.10.